The lowest BCUT2D eigenvalue weighted by molar-refractivity contribution is -0.131. The molecule has 1 aliphatic carbocycles. The van der Waals surface area contributed by atoms with Gasteiger partial charge in [0.15, 0.2) is 0 Å². The fourth-order valence-electron chi connectivity index (χ4n) is 3.77. The Balaban J connectivity index is 2.32. The van der Waals surface area contributed by atoms with Crippen LogP contribution in [0.3, 0.4) is 0 Å². The van der Waals surface area contributed by atoms with Crippen molar-refractivity contribution in [2.75, 3.05) is 0 Å². The van der Waals surface area contributed by atoms with Crippen LogP contribution in [-0.4, -0.2) is 39.3 Å². The van der Waals surface area contributed by atoms with E-state index in [1.165, 1.54) is 0 Å². The van der Waals surface area contributed by atoms with Crippen LogP contribution in [0.15, 0.2) is 12.2 Å². The third kappa shape index (κ3) is 8.63. The number of hydrogen-bond acceptors (Lipinski definition) is 4. The van der Waals surface area contributed by atoms with Gasteiger partial charge in [0.2, 0.25) is 0 Å². The van der Waals surface area contributed by atoms with E-state index in [2.05, 4.69) is 6.92 Å². The molecule has 0 aromatic rings. The molecule has 0 aromatic carbocycles. The summed E-state index contributed by atoms with van der Waals surface area (Å²) in [5.74, 6) is -0.841. The Morgan fingerprint density at radius 2 is 1.92 bits per heavy atom. The number of unbranched alkanes of at least 4 members (excludes halogenated alkanes) is 3. The molecule has 3 N–H and O–H groups in total. The number of hydrogen-bond donors (Lipinski definition) is 3. The minimum atomic E-state index is -0.935. The molecule has 0 amide bonds. The van der Waals surface area contributed by atoms with Crippen molar-refractivity contribution in [3.8, 4) is 0 Å². The maximum Gasteiger partial charge on any atom is 0.327 e. The van der Waals surface area contributed by atoms with Crippen LogP contribution in [0, 0.1) is 11.8 Å². The Kier molecular flexibility index (Phi) is 10.7. The zero-order valence-corrected chi connectivity index (χ0v) is 15.4. The first-order valence-corrected chi connectivity index (χ1v) is 9.74. The van der Waals surface area contributed by atoms with E-state index in [0.717, 1.165) is 63.9 Å². The zero-order chi connectivity index (χ0) is 18.7. The number of carbonyl (C=O) groups is 2. The van der Waals surface area contributed by atoms with Gasteiger partial charge < -0.3 is 15.3 Å². The fraction of sp³-hybridized carbons (Fsp3) is 0.800. The Bertz CT molecular complexity index is 432. The van der Waals surface area contributed by atoms with Crippen LogP contribution in [0.5, 0.6) is 0 Å². The summed E-state index contributed by atoms with van der Waals surface area (Å²) in [6, 6.07) is 0. The molecule has 144 valence electrons. The molecule has 0 heterocycles. The first-order valence-electron chi connectivity index (χ1n) is 9.74. The fourth-order valence-corrected chi connectivity index (χ4v) is 3.77. The van der Waals surface area contributed by atoms with Crippen molar-refractivity contribution in [3.63, 3.8) is 0 Å². The molecule has 1 fully saturated rings. The van der Waals surface area contributed by atoms with E-state index < -0.39 is 12.1 Å². The van der Waals surface area contributed by atoms with E-state index in [9.17, 15) is 19.8 Å². The molecule has 0 aliphatic heterocycles. The minimum Gasteiger partial charge on any atom is -0.478 e. The molecule has 0 aromatic heterocycles. The first kappa shape index (κ1) is 21.8. The van der Waals surface area contributed by atoms with Gasteiger partial charge in [-0.3, -0.25) is 4.79 Å². The summed E-state index contributed by atoms with van der Waals surface area (Å²) in [5.41, 5.74) is 0. The van der Waals surface area contributed by atoms with Crippen molar-refractivity contribution in [2.45, 2.75) is 89.8 Å². The van der Waals surface area contributed by atoms with Crippen molar-refractivity contribution in [2.24, 2.45) is 11.8 Å². The van der Waals surface area contributed by atoms with Gasteiger partial charge in [0.1, 0.15) is 5.78 Å². The topological polar surface area (TPSA) is 94.8 Å². The van der Waals surface area contributed by atoms with Crippen molar-refractivity contribution in [3.05, 3.63) is 12.2 Å². The molecule has 1 saturated carbocycles. The SMILES string of the molecule is CCCC[C@H](O)CCC[C@H]1[C@H](O)CC(=O)[C@@H]1CCCCC=CC(=O)O. The van der Waals surface area contributed by atoms with E-state index in [1.807, 2.05) is 0 Å². The third-order valence-electron chi connectivity index (χ3n) is 5.20. The maximum absolute atomic E-state index is 12.1. The van der Waals surface area contributed by atoms with E-state index in [-0.39, 0.29) is 30.1 Å². The normalized spacial score (nSPS) is 24.9. The average molecular weight is 354 g/mol. The summed E-state index contributed by atoms with van der Waals surface area (Å²) < 4.78 is 0. The highest BCUT2D eigenvalue weighted by atomic mass is 16.4. The highest BCUT2D eigenvalue weighted by Gasteiger charge is 2.40. The molecule has 0 bridgehead atoms. The molecule has 4 atom stereocenters. The van der Waals surface area contributed by atoms with Crippen molar-refractivity contribution >= 4 is 11.8 Å². The van der Waals surface area contributed by atoms with E-state index in [0.29, 0.717) is 6.42 Å². The number of carbonyl (C=O) groups excluding carboxylic acids is 1. The molecule has 0 spiro atoms. The summed E-state index contributed by atoms with van der Waals surface area (Å²) in [6.07, 6.45) is 10.7. The predicted molar refractivity (Wildman–Crippen MR) is 97.2 cm³/mol. The molecule has 25 heavy (non-hydrogen) atoms. The van der Waals surface area contributed by atoms with Crippen LogP contribution in [0.4, 0.5) is 0 Å². The maximum atomic E-state index is 12.1. The zero-order valence-electron chi connectivity index (χ0n) is 15.4. The van der Waals surface area contributed by atoms with Crippen LogP contribution < -0.4 is 0 Å². The van der Waals surface area contributed by atoms with E-state index in [1.54, 1.807) is 6.08 Å². The number of aliphatic carboxylic acids is 1. The van der Waals surface area contributed by atoms with Crippen molar-refractivity contribution in [1.29, 1.82) is 0 Å². The van der Waals surface area contributed by atoms with Gasteiger partial charge in [0.25, 0.3) is 0 Å². The highest BCUT2D eigenvalue weighted by molar-refractivity contribution is 5.84. The number of aliphatic hydroxyl groups is 2. The van der Waals surface area contributed by atoms with E-state index in [4.69, 9.17) is 5.11 Å². The molecule has 1 rings (SSSR count). The molecule has 0 unspecified atom stereocenters. The second-order valence-corrected chi connectivity index (χ2v) is 7.26. The number of carboxylic acid groups (broad SMARTS) is 1. The molecular weight excluding hydrogens is 320 g/mol. The molecule has 5 heteroatoms. The number of rotatable bonds is 13. The van der Waals surface area contributed by atoms with Crippen LogP contribution in [0.2, 0.25) is 0 Å². The predicted octanol–water partition coefficient (Wildman–Crippen LogP) is 3.48. The lowest BCUT2D eigenvalue weighted by Gasteiger charge is -2.21. The monoisotopic (exact) mass is 354 g/mol. The summed E-state index contributed by atoms with van der Waals surface area (Å²) in [4.78, 5) is 22.5. The third-order valence-corrected chi connectivity index (χ3v) is 5.20. The lowest BCUT2D eigenvalue weighted by atomic mass is 9.85. The number of Topliss-reactive ketones (excluding diaryl/α,β-unsaturated/α-hetero) is 1. The molecule has 1 aliphatic rings. The van der Waals surface area contributed by atoms with Gasteiger partial charge in [-0.05, 0) is 44.4 Å². The van der Waals surface area contributed by atoms with Gasteiger partial charge in [-0.2, -0.15) is 0 Å². The van der Waals surface area contributed by atoms with Crippen molar-refractivity contribution in [1.82, 2.24) is 0 Å². The number of allylic oxidation sites excluding steroid dienone is 1. The van der Waals surface area contributed by atoms with Gasteiger partial charge in [-0.25, -0.2) is 4.79 Å². The Morgan fingerprint density at radius 1 is 1.20 bits per heavy atom. The molecular formula is C20H34O5. The smallest absolute Gasteiger partial charge is 0.327 e. The molecule has 5 nitrogen and oxygen atoms in total. The molecule has 0 radical (unpaired) electrons. The average Bonchev–Trinajstić information content (AvgIpc) is 2.82. The summed E-state index contributed by atoms with van der Waals surface area (Å²) >= 11 is 0. The molecule has 0 saturated heterocycles. The number of ketones is 1. The summed E-state index contributed by atoms with van der Waals surface area (Å²) in [7, 11) is 0. The second-order valence-electron chi connectivity index (χ2n) is 7.26. The van der Waals surface area contributed by atoms with Crippen LogP contribution in [-0.2, 0) is 9.59 Å². The van der Waals surface area contributed by atoms with Gasteiger partial charge >= 0.3 is 5.97 Å². The standard InChI is InChI=1S/C20H34O5/c1-2-3-9-15(21)10-8-12-17-16(18(22)14-19(17)23)11-6-4-5-7-13-20(24)25/h7,13,15-17,19,21,23H,2-6,8-12,14H2,1H3,(H,24,25)/t15-,16+,17+,19+/m0/s1. The quantitative estimate of drug-likeness (QED) is 0.348. The Hall–Kier alpha value is -1.20. The van der Waals surface area contributed by atoms with Crippen molar-refractivity contribution < 1.29 is 24.9 Å². The number of aliphatic hydroxyl groups excluding tert-OH is 2. The lowest BCUT2D eigenvalue weighted by Crippen LogP contribution is -2.21. The van der Waals surface area contributed by atoms with Gasteiger partial charge in [0, 0.05) is 18.4 Å². The van der Waals surface area contributed by atoms with Gasteiger partial charge in [0.05, 0.1) is 12.2 Å². The Labute approximate surface area is 151 Å². The van der Waals surface area contributed by atoms with Gasteiger partial charge in [-0.1, -0.05) is 38.7 Å². The summed E-state index contributed by atoms with van der Waals surface area (Å²) in [6.45, 7) is 2.11. The van der Waals surface area contributed by atoms with Gasteiger partial charge in [-0.15, -0.1) is 0 Å². The first-order chi connectivity index (χ1) is 12.0. The van der Waals surface area contributed by atoms with Crippen LogP contribution in [0.25, 0.3) is 0 Å². The van der Waals surface area contributed by atoms with E-state index >= 15 is 0 Å². The highest BCUT2D eigenvalue weighted by Crippen LogP contribution is 2.36. The minimum absolute atomic E-state index is 0.0143. The summed E-state index contributed by atoms with van der Waals surface area (Å²) in [5, 5.41) is 28.6. The van der Waals surface area contributed by atoms with Crippen LogP contribution >= 0.6 is 0 Å². The largest absolute Gasteiger partial charge is 0.478 e. The second kappa shape index (κ2) is 12.2. The Morgan fingerprint density at radius 3 is 2.60 bits per heavy atom. The van der Waals surface area contributed by atoms with Crippen LogP contribution in [0.1, 0.15) is 77.6 Å². The number of carboxylic acids is 1.